The topological polar surface area (TPSA) is 143 Å². The van der Waals surface area contributed by atoms with Crippen LogP contribution in [0.4, 0.5) is 0 Å². The molecule has 0 aromatic carbocycles. The van der Waals surface area contributed by atoms with E-state index in [-0.39, 0.29) is 72.0 Å². The molecule has 2 amide bonds. The normalized spacial score (nSPS) is 21.5. The third kappa shape index (κ3) is 9.04. The summed E-state index contributed by atoms with van der Waals surface area (Å²) in [7, 11) is 0. The van der Waals surface area contributed by atoms with Gasteiger partial charge in [-0.1, -0.05) is 73.5 Å². The minimum Gasteiger partial charge on any atom is -0.344 e. The number of aromatic nitrogens is 2. The van der Waals surface area contributed by atoms with E-state index < -0.39 is 41.4 Å². The standard InChI is InChI=1S/C36H52N4O6/c1-8-11-24(34(44)31(43)16-23(7)9-2)17-30(42)33-26-13-10-12-25(26)20-40(33)36(46)32(22(5)6)39-35(45)27(21(3)4)18-29(41)28-19-37-14-15-38-28/h10,12,14-15,19,21-27,32-33H,8-9,11,13,16-18,20H2,1-7H3,(H,39,45)/t23-,24?,25?,26-,27+,32?,33?/m0/s1. The van der Waals surface area contributed by atoms with Gasteiger partial charge in [0.15, 0.2) is 17.3 Å². The summed E-state index contributed by atoms with van der Waals surface area (Å²) in [6, 6.07) is -1.66. The van der Waals surface area contributed by atoms with Gasteiger partial charge in [0.25, 0.3) is 0 Å². The zero-order valence-corrected chi connectivity index (χ0v) is 28.5. The highest BCUT2D eigenvalue weighted by Gasteiger charge is 2.50. The van der Waals surface area contributed by atoms with Crippen molar-refractivity contribution in [1.29, 1.82) is 0 Å². The first kappa shape index (κ1) is 36.9. The summed E-state index contributed by atoms with van der Waals surface area (Å²) in [5, 5.41) is 2.93. The summed E-state index contributed by atoms with van der Waals surface area (Å²) in [6.07, 6.45) is 10.8. The van der Waals surface area contributed by atoms with Crippen LogP contribution in [0.1, 0.15) is 104 Å². The van der Waals surface area contributed by atoms with Crippen LogP contribution in [-0.2, 0) is 24.0 Å². The number of nitrogens with zero attached hydrogens (tertiary/aromatic N) is 3. The van der Waals surface area contributed by atoms with Gasteiger partial charge in [-0.15, -0.1) is 0 Å². The van der Waals surface area contributed by atoms with Crippen molar-refractivity contribution in [2.45, 2.75) is 105 Å². The van der Waals surface area contributed by atoms with Crippen LogP contribution in [0.3, 0.4) is 0 Å². The molecule has 0 radical (unpaired) electrons. The van der Waals surface area contributed by atoms with E-state index in [0.717, 1.165) is 6.42 Å². The first-order chi connectivity index (χ1) is 21.8. The molecule has 1 aliphatic carbocycles. The number of carbonyl (C=O) groups excluding carboxylic acids is 6. The Labute approximate surface area is 273 Å². The third-order valence-electron chi connectivity index (χ3n) is 9.69. The van der Waals surface area contributed by atoms with Crippen LogP contribution in [0, 0.1) is 41.4 Å². The number of amides is 2. The Kier molecular flexibility index (Phi) is 13.5. The van der Waals surface area contributed by atoms with Gasteiger partial charge in [-0.2, -0.15) is 0 Å². The number of ketones is 4. The Morgan fingerprint density at radius 3 is 2.26 bits per heavy atom. The van der Waals surface area contributed by atoms with Crippen molar-refractivity contribution in [3.05, 3.63) is 36.4 Å². The van der Waals surface area contributed by atoms with Crippen molar-refractivity contribution >= 4 is 34.9 Å². The van der Waals surface area contributed by atoms with Crippen LogP contribution in [0.5, 0.6) is 0 Å². The number of hydrogen-bond donors (Lipinski definition) is 1. The molecule has 0 spiro atoms. The monoisotopic (exact) mass is 636 g/mol. The van der Waals surface area contributed by atoms with E-state index in [1.54, 1.807) is 4.90 Å². The molecule has 10 nitrogen and oxygen atoms in total. The number of nitrogens with one attached hydrogen (secondary N) is 1. The highest BCUT2D eigenvalue weighted by atomic mass is 16.2. The molecule has 46 heavy (non-hydrogen) atoms. The molecule has 252 valence electrons. The fourth-order valence-corrected chi connectivity index (χ4v) is 6.66. The van der Waals surface area contributed by atoms with Gasteiger partial charge >= 0.3 is 0 Å². The fourth-order valence-electron chi connectivity index (χ4n) is 6.66. The highest BCUT2D eigenvalue weighted by Crippen LogP contribution is 2.40. The molecule has 1 saturated heterocycles. The molecule has 1 aromatic heterocycles. The predicted octanol–water partition coefficient (Wildman–Crippen LogP) is 4.82. The minimum absolute atomic E-state index is 0.00166. The lowest BCUT2D eigenvalue weighted by atomic mass is 9.83. The zero-order chi connectivity index (χ0) is 34.1. The first-order valence-electron chi connectivity index (χ1n) is 17.0. The van der Waals surface area contributed by atoms with Crippen molar-refractivity contribution in [3.63, 3.8) is 0 Å². The number of Topliss-reactive ketones (excluding diaryl/α,β-unsaturated/α-hetero) is 4. The van der Waals surface area contributed by atoms with Gasteiger partial charge < -0.3 is 10.2 Å². The highest BCUT2D eigenvalue weighted by molar-refractivity contribution is 6.38. The summed E-state index contributed by atoms with van der Waals surface area (Å²) in [5.74, 6) is -4.11. The average molecular weight is 637 g/mol. The molecule has 1 fully saturated rings. The first-order valence-corrected chi connectivity index (χ1v) is 17.0. The molecule has 1 aliphatic heterocycles. The van der Waals surface area contributed by atoms with Gasteiger partial charge in [0.05, 0.1) is 12.2 Å². The summed E-state index contributed by atoms with van der Waals surface area (Å²) in [5.41, 5.74) is 0.178. The number of allylic oxidation sites excluding steroid dienone is 1. The average Bonchev–Trinajstić information content (AvgIpc) is 3.63. The second-order valence-corrected chi connectivity index (χ2v) is 13.9. The second-order valence-electron chi connectivity index (χ2n) is 13.9. The van der Waals surface area contributed by atoms with E-state index in [9.17, 15) is 28.8 Å². The fraction of sp³-hybridized carbons (Fsp3) is 0.667. The van der Waals surface area contributed by atoms with E-state index in [1.165, 1.54) is 18.6 Å². The quantitative estimate of drug-likeness (QED) is 0.137. The maximum Gasteiger partial charge on any atom is 0.246 e. The van der Waals surface area contributed by atoms with Crippen LogP contribution >= 0.6 is 0 Å². The smallest absolute Gasteiger partial charge is 0.246 e. The molecular formula is C36H52N4O6. The van der Waals surface area contributed by atoms with E-state index in [0.29, 0.717) is 25.8 Å². The number of hydrogen-bond acceptors (Lipinski definition) is 8. The van der Waals surface area contributed by atoms with Crippen LogP contribution in [0.15, 0.2) is 30.7 Å². The van der Waals surface area contributed by atoms with Crippen LogP contribution in [-0.4, -0.2) is 68.4 Å². The molecule has 1 aromatic rings. The second kappa shape index (κ2) is 16.8. The molecular weight excluding hydrogens is 584 g/mol. The van der Waals surface area contributed by atoms with E-state index in [4.69, 9.17) is 0 Å². The van der Waals surface area contributed by atoms with Gasteiger partial charge in [-0.05, 0) is 42.4 Å². The lowest BCUT2D eigenvalue weighted by molar-refractivity contribution is -0.144. The van der Waals surface area contributed by atoms with Gasteiger partial charge in [0.1, 0.15) is 11.7 Å². The lowest BCUT2D eigenvalue weighted by Gasteiger charge is -2.33. The molecule has 0 saturated carbocycles. The molecule has 4 unspecified atom stereocenters. The van der Waals surface area contributed by atoms with Crippen molar-refractivity contribution in [3.8, 4) is 0 Å². The Morgan fingerprint density at radius 2 is 1.67 bits per heavy atom. The number of carbonyl (C=O) groups is 6. The zero-order valence-electron chi connectivity index (χ0n) is 28.5. The Hall–Kier alpha value is -3.56. The van der Waals surface area contributed by atoms with Crippen molar-refractivity contribution in [2.24, 2.45) is 41.4 Å². The number of likely N-dealkylation sites (tertiary alicyclic amines) is 1. The van der Waals surface area contributed by atoms with Crippen molar-refractivity contribution in [1.82, 2.24) is 20.2 Å². The lowest BCUT2D eigenvalue weighted by Crippen LogP contribution is -2.56. The molecule has 0 bridgehead atoms. The van der Waals surface area contributed by atoms with Crippen LogP contribution in [0.2, 0.25) is 0 Å². The molecule has 2 heterocycles. The Balaban J connectivity index is 1.81. The van der Waals surface area contributed by atoms with Gasteiger partial charge in [0.2, 0.25) is 17.6 Å². The molecule has 1 N–H and O–H groups in total. The van der Waals surface area contributed by atoms with Gasteiger partial charge in [0, 0.05) is 50.0 Å². The maximum absolute atomic E-state index is 14.2. The van der Waals surface area contributed by atoms with Crippen LogP contribution in [0.25, 0.3) is 0 Å². The number of rotatable bonds is 18. The summed E-state index contributed by atoms with van der Waals surface area (Å²) in [6.45, 7) is 13.6. The van der Waals surface area contributed by atoms with Crippen molar-refractivity contribution in [2.75, 3.05) is 6.54 Å². The minimum atomic E-state index is -0.913. The predicted molar refractivity (Wildman–Crippen MR) is 174 cm³/mol. The van der Waals surface area contributed by atoms with E-state index in [1.807, 2.05) is 60.6 Å². The number of fused-ring (bicyclic) bond motifs is 1. The SMILES string of the molecule is CCCC(CC(=O)C1[C@H]2CC=CC2CN1C(=O)C(NC(=O)[C@H](CC(=O)c1cnccn1)C(C)C)C(C)C)C(=O)C(=O)C[C@@H](C)CC. The molecule has 2 aliphatic rings. The summed E-state index contributed by atoms with van der Waals surface area (Å²) < 4.78 is 0. The third-order valence-corrected chi connectivity index (χ3v) is 9.69. The maximum atomic E-state index is 14.2. The van der Waals surface area contributed by atoms with E-state index in [2.05, 4.69) is 15.3 Å². The van der Waals surface area contributed by atoms with Gasteiger partial charge in [-0.25, -0.2) is 4.98 Å². The van der Waals surface area contributed by atoms with Crippen molar-refractivity contribution < 1.29 is 28.8 Å². The summed E-state index contributed by atoms with van der Waals surface area (Å²) >= 11 is 0. The van der Waals surface area contributed by atoms with E-state index >= 15 is 0 Å². The van der Waals surface area contributed by atoms with Crippen LogP contribution < -0.4 is 5.32 Å². The summed E-state index contributed by atoms with van der Waals surface area (Å²) in [4.78, 5) is 90.4. The Bertz CT molecular complexity index is 1290. The van der Waals surface area contributed by atoms with Gasteiger partial charge in [-0.3, -0.25) is 33.8 Å². The molecule has 7 atom stereocenters. The molecule has 10 heteroatoms. The largest absolute Gasteiger partial charge is 0.344 e. The molecule has 3 rings (SSSR count). The Morgan fingerprint density at radius 1 is 0.957 bits per heavy atom.